The van der Waals surface area contributed by atoms with E-state index in [1.54, 1.807) is 13.1 Å². The first-order valence-electron chi connectivity index (χ1n) is 13.4. The van der Waals surface area contributed by atoms with Crippen molar-refractivity contribution < 1.29 is 9.59 Å². The summed E-state index contributed by atoms with van der Waals surface area (Å²) in [6.45, 7) is 7.25. The number of aryl methyl sites for hydroxylation is 1. The van der Waals surface area contributed by atoms with E-state index in [-0.39, 0.29) is 11.8 Å². The fourth-order valence-corrected chi connectivity index (χ4v) is 4.89. The van der Waals surface area contributed by atoms with Gasteiger partial charge in [-0.3, -0.25) is 19.5 Å². The monoisotopic (exact) mass is 498 g/mol. The van der Waals surface area contributed by atoms with Gasteiger partial charge < -0.3 is 10.2 Å². The molecule has 0 radical (unpaired) electrons. The van der Waals surface area contributed by atoms with Gasteiger partial charge in [-0.1, -0.05) is 55.2 Å². The molecule has 0 bridgehead atoms. The van der Waals surface area contributed by atoms with Gasteiger partial charge in [-0.05, 0) is 67.3 Å². The molecule has 3 aromatic rings. The van der Waals surface area contributed by atoms with Crippen LogP contribution < -0.4 is 10.2 Å². The normalized spacial score (nSPS) is 15.2. The van der Waals surface area contributed by atoms with Crippen molar-refractivity contribution in [3.63, 3.8) is 0 Å². The van der Waals surface area contributed by atoms with Gasteiger partial charge in [0.05, 0.1) is 0 Å². The molecule has 0 atom stereocenters. The highest BCUT2D eigenvalue weighted by Gasteiger charge is 2.20. The second-order valence-electron chi connectivity index (χ2n) is 10.0. The summed E-state index contributed by atoms with van der Waals surface area (Å²) in [5.41, 5.74) is 5.94. The van der Waals surface area contributed by atoms with Crippen LogP contribution in [0.1, 0.15) is 71.6 Å². The average molecular weight is 499 g/mol. The third kappa shape index (κ3) is 7.73. The zero-order chi connectivity index (χ0) is 26.0. The van der Waals surface area contributed by atoms with E-state index in [9.17, 15) is 9.59 Å². The number of anilines is 1. The van der Waals surface area contributed by atoms with Gasteiger partial charge in [-0.25, -0.2) is 0 Å². The minimum absolute atomic E-state index is 0.0358. The summed E-state index contributed by atoms with van der Waals surface area (Å²) in [5, 5.41) is 3.05. The topological polar surface area (TPSA) is 65.5 Å². The molecule has 0 fully saturated rings. The molecule has 0 saturated carbocycles. The Morgan fingerprint density at radius 1 is 0.919 bits per heavy atom. The third-order valence-electron chi connectivity index (χ3n) is 6.97. The van der Waals surface area contributed by atoms with E-state index in [2.05, 4.69) is 40.3 Å². The van der Waals surface area contributed by atoms with Crippen molar-refractivity contribution in [3.8, 4) is 0 Å². The molecule has 0 spiro atoms. The van der Waals surface area contributed by atoms with Crippen molar-refractivity contribution >= 4 is 17.5 Å². The molecule has 1 N–H and O–H groups in total. The second-order valence-corrected chi connectivity index (χ2v) is 10.0. The zero-order valence-corrected chi connectivity index (χ0v) is 22.1. The molecular weight excluding hydrogens is 460 g/mol. The van der Waals surface area contributed by atoms with E-state index in [4.69, 9.17) is 0 Å². The fraction of sp³-hybridized carbons (Fsp3) is 0.387. The quantitative estimate of drug-likeness (QED) is 0.494. The van der Waals surface area contributed by atoms with E-state index in [1.807, 2.05) is 47.5 Å². The minimum atomic E-state index is -0.109. The van der Waals surface area contributed by atoms with Gasteiger partial charge in [0, 0.05) is 56.7 Å². The molecule has 1 aliphatic heterocycles. The van der Waals surface area contributed by atoms with Crippen molar-refractivity contribution in [2.45, 2.75) is 65.6 Å². The number of carbonyl (C=O) groups excluding carboxylic acids is 2. The van der Waals surface area contributed by atoms with Crippen LogP contribution in [0.5, 0.6) is 0 Å². The average Bonchev–Trinajstić information content (AvgIpc) is 2.89. The van der Waals surface area contributed by atoms with E-state index in [0.29, 0.717) is 25.2 Å². The summed E-state index contributed by atoms with van der Waals surface area (Å²) < 4.78 is 0. The van der Waals surface area contributed by atoms with Crippen LogP contribution in [-0.4, -0.2) is 34.8 Å². The highest BCUT2D eigenvalue weighted by molar-refractivity contribution is 5.97. The Kier molecular flexibility index (Phi) is 9.44. The molecule has 4 rings (SSSR count). The van der Waals surface area contributed by atoms with Crippen molar-refractivity contribution in [3.05, 3.63) is 94.8 Å². The molecule has 0 unspecified atom stereocenters. The summed E-state index contributed by atoms with van der Waals surface area (Å²) >= 11 is 0. The number of aromatic nitrogens is 1. The lowest BCUT2D eigenvalue weighted by Crippen LogP contribution is -2.33. The maximum absolute atomic E-state index is 13.1. The maximum atomic E-state index is 13.1. The Morgan fingerprint density at radius 2 is 1.68 bits per heavy atom. The molecule has 37 heavy (non-hydrogen) atoms. The number of rotatable bonds is 5. The molecule has 2 aromatic carbocycles. The molecule has 1 aromatic heterocycles. The van der Waals surface area contributed by atoms with Crippen LogP contribution >= 0.6 is 0 Å². The molecule has 2 amide bonds. The number of amides is 2. The van der Waals surface area contributed by atoms with Crippen molar-refractivity contribution in [2.75, 3.05) is 18.0 Å². The fourth-order valence-electron chi connectivity index (χ4n) is 4.89. The Hall–Kier alpha value is -3.51. The first-order chi connectivity index (χ1) is 18.0. The lowest BCUT2D eigenvalue weighted by atomic mass is 10.0. The number of pyridine rings is 1. The minimum Gasteiger partial charge on any atom is -0.348 e. The number of fused-ring (bicyclic) bond motifs is 1. The molecule has 0 aliphatic carbocycles. The number of nitrogens with one attached hydrogen (secondary N) is 1. The number of hydrogen-bond acceptors (Lipinski definition) is 4. The SMILES string of the molecule is CC(=O)N1CCCCCCCN(Cc2cccnc2)Cc2cc(C(=O)NCc3ccc(C)cc3)ccc21. The van der Waals surface area contributed by atoms with Gasteiger partial charge in [-0.2, -0.15) is 0 Å². The largest absolute Gasteiger partial charge is 0.348 e. The lowest BCUT2D eigenvalue weighted by molar-refractivity contribution is -0.116. The zero-order valence-electron chi connectivity index (χ0n) is 22.1. The van der Waals surface area contributed by atoms with Crippen molar-refractivity contribution in [1.82, 2.24) is 15.2 Å². The van der Waals surface area contributed by atoms with Crippen LogP contribution in [0.25, 0.3) is 0 Å². The molecule has 2 heterocycles. The van der Waals surface area contributed by atoms with Gasteiger partial charge in [0.15, 0.2) is 0 Å². The highest BCUT2D eigenvalue weighted by atomic mass is 16.2. The molecular formula is C31H38N4O2. The molecule has 194 valence electrons. The van der Waals surface area contributed by atoms with Crippen LogP contribution in [0.2, 0.25) is 0 Å². The lowest BCUT2D eigenvalue weighted by Gasteiger charge is -2.29. The van der Waals surface area contributed by atoms with Gasteiger partial charge >= 0.3 is 0 Å². The number of nitrogens with zero attached hydrogens (tertiary/aromatic N) is 3. The standard InChI is InChI=1S/C31H38N4O2/c1-24-10-12-26(13-11-24)21-33-31(37)28-14-15-30-29(19-28)23-34(22-27-9-8-16-32-20-27)17-6-4-3-5-7-18-35(30)25(2)36/h8-16,19-20H,3-7,17-18,21-23H2,1-2H3,(H,33,37). The van der Waals surface area contributed by atoms with Gasteiger partial charge in [0.2, 0.25) is 5.91 Å². The van der Waals surface area contributed by atoms with Crippen LogP contribution in [-0.2, 0) is 24.4 Å². The summed E-state index contributed by atoms with van der Waals surface area (Å²) in [7, 11) is 0. The number of benzene rings is 2. The third-order valence-corrected chi connectivity index (χ3v) is 6.97. The van der Waals surface area contributed by atoms with E-state index in [0.717, 1.165) is 54.7 Å². The van der Waals surface area contributed by atoms with Gasteiger partial charge in [0.25, 0.3) is 5.91 Å². The van der Waals surface area contributed by atoms with Crippen LogP contribution in [0.3, 0.4) is 0 Å². The summed E-state index contributed by atoms with van der Waals surface area (Å²) in [4.78, 5) is 34.4. The Bertz CT molecular complexity index is 1180. The summed E-state index contributed by atoms with van der Waals surface area (Å²) in [5.74, 6) is -0.0728. The first-order valence-corrected chi connectivity index (χ1v) is 13.4. The number of hydrogen-bond donors (Lipinski definition) is 1. The molecule has 6 nitrogen and oxygen atoms in total. The predicted molar refractivity (Wildman–Crippen MR) is 148 cm³/mol. The van der Waals surface area contributed by atoms with Crippen LogP contribution in [0, 0.1) is 6.92 Å². The smallest absolute Gasteiger partial charge is 0.251 e. The second kappa shape index (κ2) is 13.2. The van der Waals surface area contributed by atoms with Crippen molar-refractivity contribution in [1.29, 1.82) is 0 Å². The Balaban J connectivity index is 1.61. The summed E-state index contributed by atoms with van der Waals surface area (Å²) in [6.07, 6.45) is 9.29. The van der Waals surface area contributed by atoms with Crippen LogP contribution in [0.15, 0.2) is 67.0 Å². The van der Waals surface area contributed by atoms with Gasteiger partial charge in [0.1, 0.15) is 0 Å². The Labute approximate surface area is 220 Å². The highest BCUT2D eigenvalue weighted by Crippen LogP contribution is 2.27. The van der Waals surface area contributed by atoms with Crippen molar-refractivity contribution in [2.24, 2.45) is 0 Å². The molecule has 1 aliphatic rings. The van der Waals surface area contributed by atoms with E-state index >= 15 is 0 Å². The van der Waals surface area contributed by atoms with E-state index in [1.165, 1.54) is 18.4 Å². The van der Waals surface area contributed by atoms with Gasteiger partial charge in [-0.15, -0.1) is 0 Å². The van der Waals surface area contributed by atoms with E-state index < -0.39 is 0 Å². The number of carbonyl (C=O) groups is 2. The molecule has 0 saturated heterocycles. The predicted octanol–water partition coefficient (Wildman–Crippen LogP) is 5.64. The Morgan fingerprint density at radius 3 is 2.41 bits per heavy atom. The summed E-state index contributed by atoms with van der Waals surface area (Å²) in [6, 6.07) is 18.0. The first kappa shape index (κ1) is 26.6. The maximum Gasteiger partial charge on any atom is 0.251 e. The molecule has 6 heteroatoms. The van der Waals surface area contributed by atoms with Crippen LogP contribution in [0.4, 0.5) is 5.69 Å².